The second-order valence-electron chi connectivity index (χ2n) is 5.21. The number of nitrogens with zero attached hydrogens (tertiary/aromatic N) is 2. The molecule has 23 heavy (non-hydrogen) atoms. The summed E-state index contributed by atoms with van der Waals surface area (Å²) in [5.41, 5.74) is 1.89. The molecule has 7 nitrogen and oxygen atoms in total. The van der Waals surface area contributed by atoms with Gasteiger partial charge in [-0.3, -0.25) is 9.48 Å². The standard InChI is InChI=1S/C15H19N3O4S/c1-18-13(7-8-16-18)9-22-10-15(19)17-14-6-4-3-5-12(14)11-23(2,20)21/h3-8H,9-11H2,1-2H3,(H,17,19). The SMILES string of the molecule is Cn1nccc1COCC(=O)Nc1ccccc1CS(C)(=O)=O. The maximum Gasteiger partial charge on any atom is 0.250 e. The minimum absolute atomic E-state index is 0.126. The molecular formula is C15H19N3O4S. The number of carbonyl (C=O) groups excluding carboxylic acids is 1. The van der Waals surface area contributed by atoms with E-state index in [1.54, 1.807) is 48.3 Å². The third-order valence-electron chi connectivity index (χ3n) is 3.11. The van der Waals surface area contributed by atoms with Crippen molar-refractivity contribution in [2.75, 3.05) is 18.2 Å². The lowest BCUT2D eigenvalue weighted by molar-refractivity contribution is -0.121. The van der Waals surface area contributed by atoms with Gasteiger partial charge in [-0.1, -0.05) is 18.2 Å². The maximum atomic E-state index is 11.9. The summed E-state index contributed by atoms with van der Waals surface area (Å²) in [4.78, 5) is 11.9. The van der Waals surface area contributed by atoms with Gasteiger partial charge in [-0.05, 0) is 17.7 Å². The molecule has 0 saturated heterocycles. The van der Waals surface area contributed by atoms with Crippen LogP contribution >= 0.6 is 0 Å². The Labute approximate surface area is 135 Å². The van der Waals surface area contributed by atoms with Crippen molar-refractivity contribution < 1.29 is 17.9 Å². The van der Waals surface area contributed by atoms with Gasteiger partial charge in [0, 0.05) is 25.2 Å². The van der Waals surface area contributed by atoms with Crippen molar-refractivity contribution >= 4 is 21.4 Å². The number of rotatable bonds is 7. The van der Waals surface area contributed by atoms with Crippen molar-refractivity contribution in [2.45, 2.75) is 12.4 Å². The Hall–Kier alpha value is -2.19. The van der Waals surface area contributed by atoms with Crippen molar-refractivity contribution in [1.29, 1.82) is 0 Å². The number of ether oxygens (including phenoxy) is 1. The number of benzene rings is 1. The zero-order valence-electron chi connectivity index (χ0n) is 13.0. The van der Waals surface area contributed by atoms with Crippen LogP contribution in [-0.4, -0.2) is 37.0 Å². The lowest BCUT2D eigenvalue weighted by Crippen LogP contribution is -2.20. The van der Waals surface area contributed by atoms with Crippen molar-refractivity contribution in [3.05, 3.63) is 47.8 Å². The molecule has 8 heteroatoms. The summed E-state index contributed by atoms with van der Waals surface area (Å²) in [5.74, 6) is -0.465. The average molecular weight is 337 g/mol. The highest BCUT2D eigenvalue weighted by molar-refractivity contribution is 7.89. The van der Waals surface area contributed by atoms with E-state index < -0.39 is 9.84 Å². The number of aromatic nitrogens is 2. The molecule has 1 amide bonds. The number of carbonyl (C=O) groups is 1. The van der Waals surface area contributed by atoms with Crippen molar-refractivity contribution in [3.63, 3.8) is 0 Å². The van der Waals surface area contributed by atoms with Crippen LogP contribution in [0.15, 0.2) is 36.5 Å². The Morgan fingerprint density at radius 3 is 2.70 bits per heavy atom. The van der Waals surface area contributed by atoms with Gasteiger partial charge in [0.1, 0.15) is 6.61 Å². The van der Waals surface area contributed by atoms with E-state index in [1.807, 2.05) is 0 Å². The van der Waals surface area contributed by atoms with Crippen molar-refractivity contribution in [1.82, 2.24) is 9.78 Å². The van der Waals surface area contributed by atoms with Gasteiger partial charge in [0.05, 0.1) is 18.1 Å². The number of hydrogen-bond donors (Lipinski definition) is 1. The summed E-state index contributed by atoms with van der Waals surface area (Å²) < 4.78 is 29.9. The molecule has 0 spiro atoms. The molecule has 0 aliphatic rings. The molecule has 0 unspecified atom stereocenters. The molecule has 2 rings (SSSR count). The largest absolute Gasteiger partial charge is 0.365 e. The van der Waals surface area contributed by atoms with Gasteiger partial charge >= 0.3 is 0 Å². The van der Waals surface area contributed by atoms with Crippen molar-refractivity contribution in [3.8, 4) is 0 Å². The third kappa shape index (κ3) is 5.50. The predicted octanol–water partition coefficient (Wildman–Crippen LogP) is 1.12. The first-order valence-electron chi connectivity index (χ1n) is 6.95. The molecule has 0 fully saturated rings. The highest BCUT2D eigenvalue weighted by atomic mass is 32.2. The summed E-state index contributed by atoms with van der Waals surface area (Å²) in [5, 5.41) is 6.68. The van der Waals surface area contributed by atoms with Gasteiger partial charge < -0.3 is 10.1 Å². The molecule has 2 aromatic rings. The first kappa shape index (κ1) is 17.2. The highest BCUT2D eigenvalue weighted by Crippen LogP contribution is 2.17. The fourth-order valence-electron chi connectivity index (χ4n) is 2.03. The summed E-state index contributed by atoms with van der Waals surface area (Å²) in [7, 11) is -1.39. The minimum atomic E-state index is -3.18. The number of nitrogens with one attached hydrogen (secondary N) is 1. The van der Waals surface area contributed by atoms with Crippen LogP contribution in [0.2, 0.25) is 0 Å². The molecule has 0 saturated carbocycles. The first-order chi connectivity index (χ1) is 10.8. The molecule has 0 bridgehead atoms. The zero-order chi connectivity index (χ0) is 16.9. The first-order valence-corrected chi connectivity index (χ1v) is 9.01. The Balaban J connectivity index is 1.91. The fourth-order valence-corrected chi connectivity index (χ4v) is 2.84. The average Bonchev–Trinajstić information content (AvgIpc) is 2.85. The van der Waals surface area contributed by atoms with E-state index in [2.05, 4.69) is 10.4 Å². The van der Waals surface area contributed by atoms with Gasteiger partial charge in [-0.25, -0.2) is 8.42 Å². The summed E-state index contributed by atoms with van der Waals surface area (Å²) in [6.45, 7) is 0.146. The third-order valence-corrected chi connectivity index (χ3v) is 3.95. The molecule has 0 atom stereocenters. The van der Waals surface area contributed by atoms with Crippen LogP contribution < -0.4 is 5.32 Å². The smallest absolute Gasteiger partial charge is 0.250 e. The number of anilines is 1. The highest BCUT2D eigenvalue weighted by Gasteiger charge is 2.11. The van der Waals surface area contributed by atoms with E-state index in [0.717, 1.165) is 11.9 Å². The second kappa shape index (κ2) is 7.38. The van der Waals surface area contributed by atoms with E-state index in [1.165, 1.54) is 0 Å². The molecule has 0 radical (unpaired) electrons. The quantitative estimate of drug-likeness (QED) is 0.818. The molecule has 1 N–H and O–H groups in total. The number of sulfone groups is 1. The van der Waals surface area contributed by atoms with Crippen LogP contribution in [0.5, 0.6) is 0 Å². The number of hydrogen-bond acceptors (Lipinski definition) is 5. The normalized spacial score (nSPS) is 11.4. The van der Waals surface area contributed by atoms with Gasteiger partial charge in [0.25, 0.3) is 0 Å². The number of amides is 1. The van der Waals surface area contributed by atoms with E-state index in [4.69, 9.17) is 4.74 Å². The predicted molar refractivity (Wildman–Crippen MR) is 86.5 cm³/mol. The maximum absolute atomic E-state index is 11.9. The topological polar surface area (TPSA) is 90.3 Å². The van der Waals surface area contributed by atoms with Crippen LogP contribution in [0.1, 0.15) is 11.3 Å². The van der Waals surface area contributed by atoms with Crippen LogP contribution in [-0.2, 0) is 38.8 Å². The van der Waals surface area contributed by atoms with Gasteiger partial charge in [0.15, 0.2) is 9.84 Å². The lowest BCUT2D eigenvalue weighted by atomic mass is 10.2. The summed E-state index contributed by atoms with van der Waals surface area (Å²) >= 11 is 0. The Bertz CT molecular complexity index is 784. The van der Waals surface area contributed by atoms with Gasteiger partial charge in [-0.2, -0.15) is 5.10 Å². The Morgan fingerprint density at radius 2 is 2.04 bits per heavy atom. The summed E-state index contributed by atoms with van der Waals surface area (Å²) in [6.07, 6.45) is 2.81. The molecule has 0 aliphatic carbocycles. The number of aryl methyl sites for hydroxylation is 1. The molecule has 0 aliphatic heterocycles. The van der Waals surface area contributed by atoms with E-state index >= 15 is 0 Å². The molecule has 1 aromatic carbocycles. The molecule has 124 valence electrons. The van der Waals surface area contributed by atoms with Crippen molar-refractivity contribution in [2.24, 2.45) is 7.05 Å². The van der Waals surface area contributed by atoms with Gasteiger partial charge in [0.2, 0.25) is 5.91 Å². The minimum Gasteiger partial charge on any atom is -0.365 e. The van der Waals surface area contributed by atoms with E-state index in [-0.39, 0.29) is 24.9 Å². The van der Waals surface area contributed by atoms with E-state index in [9.17, 15) is 13.2 Å². The second-order valence-corrected chi connectivity index (χ2v) is 7.35. The Kier molecular flexibility index (Phi) is 5.51. The van der Waals surface area contributed by atoms with Crippen LogP contribution in [0.25, 0.3) is 0 Å². The number of para-hydroxylation sites is 1. The van der Waals surface area contributed by atoms with E-state index in [0.29, 0.717) is 11.3 Å². The lowest BCUT2D eigenvalue weighted by Gasteiger charge is -2.10. The van der Waals surface area contributed by atoms with Gasteiger partial charge in [-0.15, -0.1) is 0 Å². The molecule has 1 heterocycles. The Morgan fingerprint density at radius 1 is 1.30 bits per heavy atom. The monoisotopic (exact) mass is 337 g/mol. The molecule has 1 aromatic heterocycles. The fraction of sp³-hybridized carbons (Fsp3) is 0.333. The van der Waals surface area contributed by atoms with Crippen LogP contribution in [0.4, 0.5) is 5.69 Å². The summed E-state index contributed by atoms with van der Waals surface area (Å²) in [6, 6.07) is 8.61. The molecular weight excluding hydrogens is 318 g/mol. The zero-order valence-corrected chi connectivity index (χ0v) is 13.8. The van der Waals surface area contributed by atoms with Crippen LogP contribution in [0, 0.1) is 0 Å². The van der Waals surface area contributed by atoms with Crippen LogP contribution in [0.3, 0.4) is 0 Å².